The number of likely N-dealkylation sites (tertiary alicyclic amines) is 1. The number of hydrogen-bond donors (Lipinski definition) is 0. The summed E-state index contributed by atoms with van der Waals surface area (Å²) in [5.74, 6) is 0.0365. The van der Waals surface area contributed by atoms with E-state index in [4.69, 9.17) is 4.74 Å². The van der Waals surface area contributed by atoms with Crippen LogP contribution in [0.2, 0.25) is 0 Å². The summed E-state index contributed by atoms with van der Waals surface area (Å²) in [5.41, 5.74) is 1.10. The van der Waals surface area contributed by atoms with Gasteiger partial charge < -0.3 is 9.64 Å². The van der Waals surface area contributed by atoms with Crippen molar-refractivity contribution in [3.05, 3.63) is 16.6 Å². The molecule has 6 nitrogen and oxygen atoms in total. The highest BCUT2D eigenvalue weighted by molar-refractivity contribution is 7.91. The molecule has 0 spiro atoms. The number of piperidine rings is 1. The number of amides is 1. The number of carbonyl (C=O) groups is 1. The van der Waals surface area contributed by atoms with Gasteiger partial charge in [0.25, 0.3) is 0 Å². The van der Waals surface area contributed by atoms with Gasteiger partial charge >= 0.3 is 6.09 Å². The zero-order chi connectivity index (χ0) is 16.4. The predicted molar refractivity (Wildman–Crippen MR) is 85.6 cm³/mol. The summed E-state index contributed by atoms with van der Waals surface area (Å²) in [4.78, 5) is 18.2. The molecule has 0 bridgehead atoms. The first-order valence-corrected chi connectivity index (χ1v) is 9.84. The maximum atomic E-state index is 12.4. The summed E-state index contributed by atoms with van der Waals surface area (Å²) in [6.45, 7) is 6.29. The molecule has 1 aliphatic heterocycles. The Morgan fingerprint density at radius 3 is 2.55 bits per heavy atom. The van der Waals surface area contributed by atoms with Crippen molar-refractivity contribution in [3.8, 4) is 0 Å². The molecule has 0 atom stereocenters. The molecule has 0 N–H and O–H groups in total. The molecule has 2 heterocycles. The van der Waals surface area contributed by atoms with Gasteiger partial charge in [-0.15, -0.1) is 11.3 Å². The standard InChI is InChI=1S/C14H22N2O4S2/c1-14(2,3)20-13(17)16-6-4-12(5-7-16)22(18,19)9-11-8-15-10-21-11/h8,10,12H,4-7,9H2,1-3H3. The summed E-state index contributed by atoms with van der Waals surface area (Å²) >= 11 is 1.35. The molecule has 22 heavy (non-hydrogen) atoms. The molecule has 1 aromatic rings. The van der Waals surface area contributed by atoms with Gasteiger partial charge in [-0.2, -0.15) is 0 Å². The van der Waals surface area contributed by atoms with E-state index in [-0.39, 0.29) is 11.8 Å². The summed E-state index contributed by atoms with van der Waals surface area (Å²) in [6.07, 6.45) is 2.14. The van der Waals surface area contributed by atoms with Crippen LogP contribution in [0.4, 0.5) is 4.79 Å². The van der Waals surface area contributed by atoms with E-state index in [1.54, 1.807) is 16.6 Å². The lowest BCUT2D eigenvalue weighted by atomic mass is 10.1. The first-order chi connectivity index (χ1) is 10.2. The number of hydrogen-bond acceptors (Lipinski definition) is 6. The van der Waals surface area contributed by atoms with Crippen LogP contribution in [-0.2, 0) is 20.3 Å². The zero-order valence-corrected chi connectivity index (χ0v) is 14.7. The van der Waals surface area contributed by atoms with Crippen LogP contribution < -0.4 is 0 Å². The average Bonchev–Trinajstić information content (AvgIpc) is 2.89. The van der Waals surface area contributed by atoms with Crippen molar-refractivity contribution >= 4 is 27.3 Å². The lowest BCUT2D eigenvalue weighted by molar-refractivity contribution is 0.0217. The highest BCUT2D eigenvalue weighted by Crippen LogP contribution is 2.23. The molecule has 0 radical (unpaired) electrons. The second-order valence-corrected chi connectivity index (χ2v) is 9.69. The van der Waals surface area contributed by atoms with E-state index in [1.165, 1.54) is 11.3 Å². The first-order valence-electron chi connectivity index (χ1n) is 7.24. The minimum absolute atomic E-state index is 0.0365. The quantitative estimate of drug-likeness (QED) is 0.840. The second kappa shape index (κ2) is 6.54. The molecule has 1 aliphatic rings. The van der Waals surface area contributed by atoms with Crippen molar-refractivity contribution in [2.75, 3.05) is 13.1 Å². The lowest BCUT2D eigenvalue weighted by Gasteiger charge is -2.33. The fourth-order valence-corrected chi connectivity index (χ4v) is 5.13. The van der Waals surface area contributed by atoms with Crippen molar-refractivity contribution < 1.29 is 17.9 Å². The molecule has 8 heteroatoms. The van der Waals surface area contributed by atoms with E-state index in [2.05, 4.69) is 4.98 Å². The van der Waals surface area contributed by atoms with Crippen molar-refractivity contribution in [3.63, 3.8) is 0 Å². The van der Waals surface area contributed by atoms with Crippen LogP contribution in [-0.4, -0.2) is 48.3 Å². The molecule has 1 amide bonds. The van der Waals surface area contributed by atoms with Crippen molar-refractivity contribution in [2.24, 2.45) is 0 Å². The van der Waals surface area contributed by atoms with Gasteiger partial charge in [-0.05, 0) is 33.6 Å². The molecule has 1 aromatic heterocycles. The van der Waals surface area contributed by atoms with Crippen LogP contribution in [0.1, 0.15) is 38.5 Å². The van der Waals surface area contributed by atoms with E-state index >= 15 is 0 Å². The van der Waals surface area contributed by atoms with Crippen LogP contribution in [0, 0.1) is 0 Å². The fraction of sp³-hybridized carbons (Fsp3) is 0.714. The normalized spacial score (nSPS) is 17.5. The molecule has 0 unspecified atom stereocenters. The average molecular weight is 346 g/mol. The summed E-state index contributed by atoms with van der Waals surface area (Å²) in [7, 11) is -3.20. The molecule has 0 saturated carbocycles. The first kappa shape index (κ1) is 17.2. The Balaban J connectivity index is 1.90. The van der Waals surface area contributed by atoms with E-state index < -0.39 is 20.7 Å². The lowest BCUT2D eigenvalue weighted by Crippen LogP contribution is -2.44. The minimum atomic E-state index is -3.20. The van der Waals surface area contributed by atoms with Crippen molar-refractivity contribution in [1.29, 1.82) is 0 Å². The Labute approximate surface area is 135 Å². The molecule has 1 fully saturated rings. The van der Waals surface area contributed by atoms with E-state index in [0.29, 0.717) is 25.9 Å². The molecule has 124 valence electrons. The van der Waals surface area contributed by atoms with Crippen LogP contribution in [0.15, 0.2) is 11.7 Å². The third kappa shape index (κ3) is 4.67. The van der Waals surface area contributed by atoms with E-state index in [9.17, 15) is 13.2 Å². The Morgan fingerprint density at radius 2 is 2.05 bits per heavy atom. The van der Waals surface area contributed by atoms with Gasteiger partial charge in [0.1, 0.15) is 5.60 Å². The Hall–Kier alpha value is -1.15. The number of rotatable bonds is 3. The molecule has 1 saturated heterocycles. The monoisotopic (exact) mass is 346 g/mol. The number of thiazole rings is 1. The molecule has 2 rings (SSSR count). The molecule has 0 aromatic carbocycles. The number of nitrogens with zero attached hydrogens (tertiary/aromatic N) is 2. The van der Waals surface area contributed by atoms with E-state index in [1.807, 2.05) is 20.8 Å². The maximum absolute atomic E-state index is 12.4. The van der Waals surface area contributed by atoms with Crippen LogP contribution in [0.25, 0.3) is 0 Å². The highest BCUT2D eigenvalue weighted by atomic mass is 32.2. The van der Waals surface area contributed by atoms with Gasteiger partial charge in [-0.25, -0.2) is 13.2 Å². The summed E-state index contributed by atoms with van der Waals surface area (Å²) in [5, 5.41) is -0.395. The highest BCUT2D eigenvalue weighted by Gasteiger charge is 2.33. The smallest absolute Gasteiger partial charge is 0.410 e. The van der Waals surface area contributed by atoms with Gasteiger partial charge in [0.05, 0.1) is 16.5 Å². The summed E-state index contributed by atoms with van der Waals surface area (Å²) < 4.78 is 30.1. The molecular formula is C14H22N2O4S2. The largest absolute Gasteiger partial charge is 0.444 e. The van der Waals surface area contributed by atoms with E-state index in [0.717, 1.165) is 4.88 Å². The Bertz CT molecular complexity index is 597. The van der Waals surface area contributed by atoms with Gasteiger partial charge in [-0.3, -0.25) is 4.98 Å². The predicted octanol–water partition coefficient (Wildman–Crippen LogP) is 2.46. The Kier molecular flexibility index (Phi) is 5.11. The topological polar surface area (TPSA) is 76.6 Å². The fourth-order valence-electron chi connectivity index (χ4n) is 2.35. The molecular weight excluding hydrogens is 324 g/mol. The van der Waals surface area contributed by atoms with Crippen LogP contribution >= 0.6 is 11.3 Å². The number of carbonyl (C=O) groups excluding carboxylic acids is 1. The van der Waals surface area contributed by atoms with Crippen LogP contribution in [0.5, 0.6) is 0 Å². The maximum Gasteiger partial charge on any atom is 0.410 e. The zero-order valence-electron chi connectivity index (χ0n) is 13.1. The van der Waals surface area contributed by atoms with Gasteiger partial charge in [0, 0.05) is 24.2 Å². The second-order valence-electron chi connectivity index (χ2n) is 6.44. The Morgan fingerprint density at radius 1 is 1.41 bits per heavy atom. The van der Waals surface area contributed by atoms with Crippen molar-refractivity contribution in [2.45, 2.75) is 50.2 Å². The minimum Gasteiger partial charge on any atom is -0.444 e. The summed E-state index contributed by atoms with van der Waals surface area (Å²) in [6, 6.07) is 0. The third-order valence-electron chi connectivity index (χ3n) is 3.43. The number of aromatic nitrogens is 1. The SMILES string of the molecule is CC(C)(C)OC(=O)N1CCC(S(=O)(=O)Cc2cncs2)CC1. The third-order valence-corrected chi connectivity index (χ3v) is 6.59. The number of ether oxygens (including phenoxy) is 1. The van der Waals surface area contributed by atoms with Gasteiger partial charge in [0.15, 0.2) is 9.84 Å². The van der Waals surface area contributed by atoms with Gasteiger partial charge in [-0.1, -0.05) is 0 Å². The van der Waals surface area contributed by atoms with Gasteiger partial charge in [0.2, 0.25) is 0 Å². The number of sulfone groups is 1. The molecule has 0 aliphatic carbocycles. The van der Waals surface area contributed by atoms with Crippen LogP contribution in [0.3, 0.4) is 0 Å². The van der Waals surface area contributed by atoms with Crippen molar-refractivity contribution in [1.82, 2.24) is 9.88 Å².